The van der Waals surface area contributed by atoms with Crippen molar-refractivity contribution in [3.63, 3.8) is 0 Å². The van der Waals surface area contributed by atoms with Crippen LogP contribution in [0.25, 0.3) is 11.6 Å². The molecule has 7 nitrogen and oxygen atoms in total. The van der Waals surface area contributed by atoms with Gasteiger partial charge >= 0.3 is 0 Å². The van der Waals surface area contributed by atoms with E-state index in [2.05, 4.69) is 113 Å². The van der Waals surface area contributed by atoms with E-state index in [4.69, 9.17) is 0 Å². The molecule has 246 valence electrons. The molecular weight excluding hydrogens is 615 g/mol. The van der Waals surface area contributed by atoms with Gasteiger partial charge in [-0.2, -0.15) is 0 Å². The quantitative estimate of drug-likeness (QED) is 0.0526. The number of amides is 1. The number of benzene rings is 3. The van der Waals surface area contributed by atoms with Crippen LogP contribution >= 0.6 is 11.8 Å². The van der Waals surface area contributed by atoms with E-state index >= 15 is 0 Å². The number of aliphatic imine (C=N–C) groups is 1. The summed E-state index contributed by atoms with van der Waals surface area (Å²) in [7, 11) is 2.12. The van der Waals surface area contributed by atoms with Gasteiger partial charge in [-0.05, 0) is 92.1 Å². The van der Waals surface area contributed by atoms with Crippen LogP contribution in [0, 0.1) is 13.8 Å². The number of unbranched alkanes of at least 4 members (excludes halogenated alkanes) is 2. The van der Waals surface area contributed by atoms with Gasteiger partial charge in [0.15, 0.2) is 11.4 Å². The van der Waals surface area contributed by atoms with Crippen LogP contribution in [0.4, 0.5) is 22.7 Å². The van der Waals surface area contributed by atoms with Crippen molar-refractivity contribution >= 4 is 58.0 Å². The van der Waals surface area contributed by atoms with Crippen LogP contribution in [0.3, 0.4) is 0 Å². The van der Waals surface area contributed by atoms with Gasteiger partial charge in [0.25, 0.3) is 0 Å². The number of nitrogens with zero attached hydrogens (tertiary/aromatic N) is 3. The summed E-state index contributed by atoms with van der Waals surface area (Å²) in [5.74, 6) is -0.119. The number of para-hydroxylation sites is 2. The summed E-state index contributed by atoms with van der Waals surface area (Å²) in [6.45, 7) is 5.27. The lowest BCUT2D eigenvalue weighted by molar-refractivity contribution is -0.709. The molecule has 4 aromatic rings. The number of hydrogen-bond acceptors (Lipinski definition) is 5. The van der Waals surface area contributed by atoms with Crippen LogP contribution in [0.2, 0.25) is 0 Å². The Hall–Kier alpha value is -4.66. The lowest BCUT2D eigenvalue weighted by Gasteiger charge is -2.13. The van der Waals surface area contributed by atoms with E-state index in [9.17, 15) is 9.90 Å². The number of carbonyl (C=O) groups is 1. The fraction of sp³-hybridized carbons (Fsp3) is 0.275. The maximum Gasteiger partial charge on any atom is 0.224 e. The number of allylic oxidation sites excluding steroid dienone is 1. The van der Waals surface area contributed by atoms with Crippen molar-refractivity contribution in [2.24, 2.45) is 4.99 Å². The summed E-state index contributed by atoms with van der Waals surface area (Å²) in [5.41, 5.74) is 10.1. The second-order valence-corrected chi connectivity index (χ2v) is 13.6. The minimum absolute atomic E-state index is 0.00852. The number of carbonyl (C=O) groups excluding carboxylic acids is 1. The molecule has 48 heavy (non-hydrogen) atoms. The van der Waals surface area contributed by atoms with E-state index in [-0.39, 0.29) is 11.8 Å². The third-order valence-corrected chi connectivity index (χ3v) is 10.1. The summed E-state index contributed by atoms with van der Waals surface area (Å²) >= 11 is 1.81. The number of nitrogens with two attached hydrogens (primary N) is 1. The second kappa shape index (κ2) is 15.5. The van der Waals surface area contributed by atoms with E-state index in [1.54, 1.807) is 12.1 Å². The summed E-state index contributed by atoms with van der Waals surface area (Å²) in [5, 5.41) is 18.9. The monoisotopic (exact) mass is 658 g/mol. The smallest absolute Gasteiger partial charge is 0.224 e. The highest BCUT2D eigenvalue weighted by Gasteiger charge is 2.22. The van der Waals surface area contributed by atoms with Gasteiger partial charge < -0.3 is 15.3 Å². The van der Waals surface area contributed by atoms with E-state index in [1.165, 1.54) is 49.4 Å². The molecule has 3 heterocycles. The topological polar surface area (TPSA) is 88.2 Å². The molecule has 0 bridgehead atoms. The Bertz CT molecular complexity index is 1860. The van der Waals surface area contributed by atoms with Crippen LogP contribution in [0.15, 0.2) is 106 Å². The summed E-state index contributed by atoms with van der Waals surface area (Å²) in [6.07, 6.45) is 9.75. The molecule has 8 heteroatoms. The molecule has 0 saturated heterocycles. The summed E-state index contributed by atoms with van der Waals surface area (Å²) < 4.78 is 2.36. The minimum Gasteiger partial charge on any atom is -0.862 e. The third-order valence-electron chi connectivity index (χ3n) is 8.96. The first-order valence-corrected chi connectivity index (χ1v) is 17.7. The van der Waals surface area contributed by atoms with Gasteiger partial charge in [0.2, 0.25) is 5.91 Å². The lowest BCUT2D eigenvalue weighted by Crippen LogP contribution is -2.69. The van der Waals surface area contributed by atoms with E-state index in [1.807, 2.05) is 30.0 Å². The van der Waals surface area contributed by atoms with Gasteiger partial charge in [0.05, 0.1) is 16.4 Å². The molecular formula is C40H44N5O2S+. The number of hydrogen-bond donors (Lipinski definition) is 2. The zero-order chi connectivity index (χ0) is 33.5. The molecule has 0 radical (unpaired) electrons. The van der Waals surface area contributed by atoms with Crippen LogP contribution in [-0.2, 0) is 11.3 Å². The van der Waals surface area contributed by atoms with Crippen LogP contribution < -0.4 is 25.2 Å². The average Bonchev–Trinajstić information content (AvgIpc) is 3.63. The maximum atomic E-state index is 12.5. The Morgan fingerprint density at radius 2 is 1.69 bits per heavy atom. The van der Waals surface area contributed by atoms with Crippen molar-refractivity contribution in [3.8, 4) is 0 Å². The molecule has 1 aromatic heterocycles. The molecule has 0 spiro atoms. The average molecular weight is 659 g/mol. The number of rotatable bonds is 13. The third kappa shape index (κ3) is 8.24. The number of aryl methyl sites for hydroxylation is 2. The van der Waals surface area contributed by atoms with E-state index in [0.717, 1.165) is 38.6 Å². The number of aromatic nitrogens is 1. The highest BCUT2D eigenvalue weighted by atomic mass is 32.2. The Labute approximate surface area is 288 Å². The molecule has 2 aliphatic heterocycles. The van der Waals surface area contributed by atoms with E-state index < -0.39 is 0 Å². The summed E-state index contributed by atoms with van der Waals surface area (Å²) in [6, 6.07) is 28.6. The van der Waals surface area contributed by atoms with Crippen molar-refractivity contribution in [3.05, 3.63) is 119 Å². The van der Waals surface area contributed by atoms with Gasteiger partial charge in [-0.3, -0.25) is 15.1 Å². The van der Waals surface area contributed by atoms with E-state index in [0.29, 0.717) is 24.2 Å². The molecule has 0 saturated carbocycles. The van der Waals surface area contributed by atoms with Gasteiger partial charge in [0, 0.05) is 73.7 Å². The van der Waals surface area contributed by atoms with Crippen LogP contribution in [0.1, 0.15) is 67.5 Å². The number of nitrogens with one attached hydrogen (secondary N) is 1. The maximum absolute atomic E-state index is 12.5. The van der Waals surface area contributed by atoms with Crippen molar-refractivity contribution < 1.29 is 19.8 Å². The predicted octanol–water partition coefficient (Wildman–Crippen LogP) is 7.14. The molecule has 1 amide bonds. The Morgan fingerprint density at radius 3 is 2.48 bits per heavy atom. The first kappa shape index (κ1) is 33.2. The fourth-order valence-electron chi connectivity index (χ4n) is 6.42. The van der Waals surface area contributed by atoms with Gasteiger partial charge in [0.1, 0.15) is 18.4 Å². The SMILES string of the molecule is Cc1cc(C=C2Sc3ccccc3N2C)cc(C)[n+]1CCCCCC([O-])=Nc1ccc(NC(=O)CCCC2=C[NH2+]c3ccccc32)cc1. The summed E-state index contributed by atoms with van der Waals surface area (Å²) in [4.78, 5) is 20.3. The molecule has 3 aromatic carbocycles. The zero-order valence-corrected chi connectivity index (χ0v) is 28.9. The standard InChI is InChI=1S/C40H43N5O2S/c1-28-24-30(26-40-44(3)36-15-8-9-16-37(36)48-40)25-29(2)45(28)23-10-4-5-17-38(46)42-32-19-21-33(22-20-32)43-39(47)18-11-12-31-27-41-35-14-7-6-13-34(31)35/h6-9,13-16,19-22,24-27,41H,4-5,10-12,17-18,23H2,1-3H3,(H-,42,43,46,47)/p+1. The first-order valence-electron chi connectivity index (χ1n) is 16.9. The Morgan fingerprint density at radius 1 is 0.938 bits per heavy atom. The highest BCUT2D eigenvalue weighted by Crippen LogP contribution is 2.45. The molecule has 2 aliphatic rings. The van der Waals surface area contributed by atoms with Crippen molar-refractivity contribution in [1.82, 2.24) is 0 Å². The lowest BCUT2D eigenvalue weighted by atomic mass is 10.0. The largest absolute Gasteiger partial charge is 0.862 e. The number of quaternary nitrogens is 1. The number of thioether (sulfide) groups is 1. The predicted molar refractivity (Wildman–Crippen MR) is 195 cm³/mol. The van der Waals surface area contributed by atoms with Crippen molar-refractivity contribution in [2.75, 3.05) is 17.3 Å². The fourth-order valence-corrected chi connectivity index (χ4v) is 7.53. The zero-order valence-electron chi connectivity index (χ0n) is 28.0. The van der Waals surface area contributed by atoms with Crippen LogP contribution in [-0.4, -0.2) is 18.9 Å². The van der Waals surface area contributed by atoms with Crippen molar-refractivity contribution in [1.29, 1.82) is 0 Å². The van der Waals surface area contributed by atoms with Gasteiger partial charge in [-0.1, -0.05) is 36.0 Å². The second-order valence-electron chi connectivity index (χ2n) is 12.5. The highest BCUT2D eigenvalue weighted by molar-refractivity contribution is 8.03. The number of fused-ring (bicyclic) bond motifs is 2. The molecule has 0 atom stereocenters. The molecule has 0 unspecified atom stereocenters. The number of pyridine rings is 1. The number of anilines is 2. The Kier molecular flexibility index (Phi) is 10.7. The molecule has 0 fully saturated rings. The normalized spacial score (nSPS) is 14.6. The van der Waals surface area contributed by atoms with Gasteiger partial charge in [-0.25, -0.2) is 4.57 Å². The minimum atomic E-state index is -0.110. The Balaban J connectivity index is 0.904. The molecule has 6 rings (SSSR count). The van der Waals surface area contributed by atoms with Crippen molar-refractivity contribution in [2.45, 2.75) is 70.2 Å². The molecule has 3 N–H and O–H groups in total. The first-order chi connectivity index (χ1) is 23.3. The molecule has 0 aliphatic carbocycles. The van der Waals surface area contributed by atoms with Crippen LogP contribution in [0.5, 0.6) is 0 Å². The van der Waals surface area contributed by atoms with Gasteiger partial charge in [-0.15, -0.1) is 0 Å².